The molecule has 0 atom stereocenters. The number of aromatic nitrogens is 6. The third kappa shape index (κ3) is 7.70. The fraction of sp³-hybridized carbons (Fsp3) is 0.286. The van der Waals surface area contributed by atoms with Crippen LogP contribution in [0.2, 0.25) is 0 Å². The van der Waals surface area contributed by atoms with Crippen LogP contribution in [-0.2, 0) is 11.2 Å². The molecular weight excluding hydrogens is 516 g/mol. The number of anilines is 1. The maximum atomic E-state index is 13.1. The second kappa shape index (κ2) is 13.1. The van der Waals surface area contributed by atoms with Crippen LogP contribution in [-0.4, -0.2) is 62.1 Å². The third-order valence-electron chi connectivity index (χ3n) is 4.16. The van der Waals surface area contributed by atoms with E-state index in [1.807, 2.05) is 13.2 Å². The highest BCUT2D eigenvalue weighted by Gasteiger charge is 2.18. The number of halogens is 2. The highest BCUT2D eigenvalue weighted by Crippen LogP contribution is 2.28. The lowest BCUT2D eigenvalue weighted by molar-refractivity contribution is 0.162. The molecule has 0 spiro atoms. The molecule has 1 amide bonds. The molecule has 0 saturated heterocycles. The SMILES string of the molecule is CCc1nnc(-c2cncc(F)c2)s1.CSCCOC(=O)N(C)c1nnc(-c2cncc(F)c2)s1. The predicted octanol–water partition coefficient (Wildman–Crippen LogP) is 4.98. The van der Waals surface area contributed by atoms with E-state index in [0.29, 0.717) is 32.9 Å². The molecule has 0 N–H and O–H groups in total. The van der Waals surface area contributed by atoms with Gasteiger partial charge < -0.3 is 4.74 Å². The number of rotatable bonds is 7. The molecule has 35 heavy (non-hydrogen) atoms. The molecule has 0 fully saturated rings. The minimum absolute atomic E-state index is 0.337. The molecule has 0 saturated carbocycles. The van der Waals surface area contributed by atoms with Crippen LogP contribution in [0.1, 0.15) is 11.9 Å². The van der Waals surface area contributed by atoms with E-state index in [0.717, 1.165) is 34.7 Å². The summed E-state index contributed by atoms with van der Waals surface area (Å²) in [5, 5.41) is 18.3. The molecule has 4 aromatic rings. The first-order valence-corrected chi connectivity index (χ1v) is 13.2. The Kier molecular flexibility index (Phi) is 9.93. The number of carbonyl (C=O) groups is 1. The Morgan fingerprint density at radius 1 is 0.971 bits per heavy atom. The van der Waals surface area contributed by atoms with E-state index in [4.69, 9.17) is 4.74 Å². The molecule has 0 bridgehead atoms. The number of pyridine rings is 2. The van der Waals surface area contributed by atoms with Gasteiger partial charge in [0.15, 0.2) is 5.01 Å². The highest BCUT2D eigenvalue weighted by molar-refractivity contribution is 7.98. The lowest BCUT2D eigenvalue weighted by Crippen LogP contribution is -2.27. The lowest BCUT2D eigenvalue weighted by atomic mass is 10.3. The van der Waals surface area contributed by atoms with Gasteiger partial charge in [0.25, 0.3) is 0 Å². The molecule has 4 heterocycles. The van der Waals surface area contributed by atoms with Crippen LogP contribution in [0.25, 0.3) is 21.1 Å². The summed E-state index contributed by atoms with van der Waals surface area (Å²) in [5.74, 6) is -0.0690. The lowest BCUT2D eigenvalue weighted by Gasteiger charge is -2.12. The van der Waals surface area contributed by atoms with Crippen molar-refractivity contribution >= 4 is 45.7 Å². The average molecular weight is 538 g/mol. The average Bonchev–Trinajstić information content (AvgIpc) is 3.54. The summed E-state index contributed by atoms with van der Waals surface area (Å²) >= 11 is 4.22. The van der Waals surface area contributed by atoms with Gasteiger partial charge in [-0.1, -0.05) is 29.6 Å². The Morgan fingerprint density at radius 3 is 2.11 bits per heavy atom. The summed E-state index contributed by atoms with van der Waals surface area (Å²) in [5.41, 5.74) is 1.20. The molecule has 0 aliphatic heterocycles. The summed E-state index contributed by atoms with van der Waals surface area (Å²) in [6, 6.07) is 2.72. The quantitative estimate of drug-likeness (QED) is 0.302. The summed E-state index contributed by atoms with van der Waals surface area (Å²) in [6.07, 6.45) is 7.64. The number of carbonyl (C=O) groups excluding carboxylic acids is 1. The number of hydrogen-bond donors (Lipinski definition) is 0. The van der Waals surface area contributed by atoms with Crippen molar-refractivity contribution in [3.8, 4) is 21.1 Å². The van der Waals surface area contributed by atoms with Crippen LogP contribution in [0.5, 0.6) is 0 Å². The summed E-state index contributed by atoms with van der Waals surface area (Å²) in [6.45, 7) is 2.35. The smallest absolute Gasteiger partial charge is 0.415 e. The van der Waals surface area contributed by atoms with Crippen LogP contribution in [0.4, 0.5) is 18.7 Å². The van der Waals surface area contributed by atoms with E-state index in [2.05, 4.69) is 30.4 Å². The van der Waals surface area contributed by atoms with Gasteiger partial charge in [0, 0.05) is 36.3 Å². The van der Waals surface area contributed by atoms with Crippen molar-refractivity contribution in [2.75, 3.05) is 30.6 Å². The summed E-state index contributed by atoms with van der Waals surface area (Å²) in [7, 11) is 1.55. The number of hydrogen-bond acceptors (Lipinski definition) is 11. The van der Waals surface area contributed by atoms with Crippen LogP contribution in [0.15, 0.2) is 36.9 Å². The van der Waals surface area contributed by atoms with Gasteiger partial charge >= 0.3 is 6.09 Å². The predicted molar refractivity (Wildman–Crippen MR) is 134 cm³/mol. The molecule has 4 aromatic heterocycles. The second-order valence-electron chi connectivity index (χ2n) is 6.69. The van der Waals surface area contributed by atoms with Gasteiger partial charge in [-0.3, -0.25) is 14.9 Å². The molecule has 4 rings (SSSR count). The van der Waals surface area contributed by atoms with Gasteiger partial charge in [0.05, 0.1) is 12.4 Å². The molecule has 184 valence electrons. The Balaban J connectivity index is 0.000000211. The zero-order chi connectivity index (χ0) is 25.2. The van der Waals surface area contributed by atoms with Crippen molar-refractivity contribution in [1.29, 1.82) is 0 Å². The van der Waals surface area contributed by atoms with E-state index >= 15 is 0 Å². The first kappa shape index (κ1) is 26.5. The maximum absolute atomic E-state index is 13.1. The van der Waals surface area contributed by atoms with Gasteiger partial charge in [-0.05, 0) is 24.8 Å². The molecule has 0 aliphatic rings. The first-order valence-electron chi connectivity index (χ1n) is 10.2. The normalized spacial score (nSPS) is 10.4. The van der Waals surface area contributed by atoms with Gasteiger partial charge in [-0.15, -0.1) is 20.4 Å². The second-order valence-corrected chi connectivity index (χ2v) is 9.70. The number of nitrogens with zero attached hydrogens (tertiary/aromatic N) is 7. The Bertz CT molecular complexity index is 1250. The Hall–Kier alpha value is -3.10. The third-order valence-corrected chi connectivity index (χ3v) is 6.90. The summed E-state index contributed by atoms with van der Waals surface area (Å²) < 4.78 is 31.0. The van der Waals surface area contributed by atoms with E-state index in [1.54, 1.807) is 25.0 Å². The van der Waals surface area contributed by atoms with E-state index in [1.165, 1.54) is 40.8 Å². The van der Waals surface area contributed by atoms with Crippen molar-refractivity contribution in [1.82, 2.24) is 30.4 Å². The van der Waals surface area contributed by atoms with Gasteiger partial charge in [0.2, 0.25) is 5.13 Å². The largest absolute Gasteiger partial charge is 0.448 e. The van der Waals surface area contributed by atoms with Gasteiger partial charge in [0.1, 0.15) is 28.3 Å². The van der Waals surface area contributed by atoms with Crippen LogP contribution in [0, 0.1) is 11.6 Å². The number of ether oxygens (including phenoxy) is 1. The number of amides is 1. The molecular formula is C21H21F2N7O2S3. The molecule has 14 heteroatoms. The molecule has 0 radical (unpaired) electrons. The summed E-state index contributed by atoms with van der Waals surface area (Å²) in [4.78, 5) is 20.6. The minimum atomic E-state index is -0.496. The van der Waals surface area contributed by atoms with Crippen molar-refractivity contribution in [2.24, 2.45) is 0 Å². The molecule has 0 aromatic carbocycles. The van der Waals surface area contributed by atoms with E-state index in [9.17, 15) is 13.6 Å². The number of thioether (sulfide) groups is 1. The van der Waals surface area contributed by atoms with E-state index < -0.39 is 11.9 Å². The number of aryl methyl sites for hydroxylation is 1. The first-order chi connectivity index (χ1) is 16.9. The topological polar surface area (TPSA) is 107 Å². The van der Waals surface area contributed by atoms with Crippen LogP contribution < -0.4 is 4.90 Å². The van der Waals surface area contributed by atoms with Crippen LogP contribution in [0.3, 0.4) is 0 Å². The van der Waals surface area contributed by atoms with Gasteiger partial charge in [-0.25, -0.2) is 13.6 Å². The zero-order valence-corrected chi connectivity index (χ0v) is 21.5. The fourth-order valence-electron chi connectivity index (χ4n) is 2.43. The Labute approximate surface area is 212 Å². The minimum Gasteiger partial charge on any atom is -0.448 e. The van der Waals surface area contributed by atoms with Crippen molar-refractivity contribution in [2.45, 2.75) is 13.3 Å². The van der Waals surface area contributed by atoms with E-state index in [-0.39, 0.29) is 5.82 Å². The van der Waals surface area contributed by atoms with Crippen molar-refractivity contribution in [3.63, 3.8) is 0 Å². The fourth-order valence-corrected chi connectivity index (χ4v) is 4.21. The van der Waals surface area contributed by atoms with Crippen LogP contribution >= 0.6 is 34.4 Å². The zero-order valence-electron chi connectivity index (χ0n) is 19.0. The maximum Gasteiger partial charge on any atom is 0.415 e. The standard InChI is InChI=1S/C12H13FN4O2S2.C9H8FN3S/c1-17(12(18)19-3-4-20-2)11-16-15-10(21-11)8-5-9(13)7-14-6-8;1-2-8-12-13-9(14-8)6-3-7(10)5-11-4-6/h5-7H,3-4H2,1-2H3;3-5H,2H2,1H3. The van der Waals surface area contributed by atoms with Crippen molar-refractivity contribution in [3.05, 3.63) is 53.6 Å². The van der Waals surface area contributed by atoms with Crippen molar-refractivity contribution < 1.29 is 18.3 Å². The monoisotopic (exact) mass is 537 g/mol. The highest BCUT2D eigenvalue weighted by atomic mass is 32.2. The molecule has 0 aliphatic carbocycles. The Morgan fingerprint density at radius 2 is 1.57 bits per heavy atom. The molecule has 9 nitrogen and oxygen atoms in total. The van der Waals surface area contributed by atoms with Gasteiger partial charge in [-0.2, -0.15) is 11.8 Å². The molecule has 0 unspecified atom stereocenters.